The Hall–Kier alpha value is -2.35. The minimum atomic E-state index is -3.99. The summed E-state index contributed by atoms with van der Waals surface area (Å²) in [6, 6.07) is 12.7. The Labute approximate surface area is 201 Å². The van der Waals surface area contributed by atoms with E-state index in [0.29, 0.717) is 18.9 Å². The van der Waals surface area contributed by atoms with Gasteiger partial charge in [-0.1, -0.05) is 53.6 Å². The molecule has 33 heavy (non-hydrogen) atoms. The number of carbonyl (C=O) groups is 1. The van der Waals surface area contributed by atoms with Crippen molar-refractivity contribution >= 4 is 27.5 Å². The van der Waals surface area contributed by atoms with E-state index in [1.54, 1.807) is 0 Å². The molecule has 0 bridgehead atoms. The van der Waals surface area contributed by atoms with Crippen LogP contribution in [0.1, 0.15) is 44.6 Å². The first-order chi connectivity index (χ1) is 15.9. The molecule has 2 N–H and O–H groups in total. The van der Waals surface area contributed by atoms with Crippen molar-refractivity contribution < 1.29 is 17.9 Å². The van der Waals surface area contributed by atoms with Gasteiger partial charge in [-0.15, -0.1) is 0 Å². The maximum atomic E-state index is 13.1. The predicted octanol–water partition coefficient (Wildman–Crippen LogP) is 4.64. The van der Waals surface area contributed by atoms with Gasteiger partial charge in [0, 0.05) is 6.54 Å². The molecule has 1 aliphatic rings. The second-order valence-corrected chi connectivity index (χ2v) is 10.2. The van der Waals surface area contributed by atoms with E-state index in [1.165, 1.54) is 36.6 Å². The molecule has 0 spiro atoms. The minimum absolute atomic E-state index is 0.0193. The smallest absolute Gasteiger partial charge is 0.241 e. The number of halogens is 1. The molecule has 2 aromatic carbocycles. The molecule has 3 rings (SSSR count). The third kappa shape index (κ3) is 7.59. The van der Waals surface area contributed by atoms with E-state index in [-0.39, 0.29) is 22.2 Å². The SMILES string of the molecule is CCOc1ccc(S(=O)(=O)N[C@H](Cc2ccccc2)C(=O)NCCC2=CCCCC2)cc1Cl. The second-order valence-electron chi connectivity index (χ2n) is 8.04. The van der Waals surface area contributed by atoms with Gasteiger partial charge in [0.05, 0.1) is 16.5 Å². The van der Waals surface area contributed by atoms with Gasteiger partial charge in [0.15, 0.2) is 0 Å². The summed E-state index contributed by atoms with van der Waals surface area (Å²) in [6.45, 7) is 2.72. The average molecular weight is 491 g/mol. The summed E-state index contributed by atoms with van der Waals surface area (Å²) in [4.78, 5) is 13.0. The van der Waals surface area contributed by atoms with E-state index in [2.05, 4.69) is 16.1 Å². The number of sulfonamides is 1. The van der Waals surface area contributed by atoms with Gasteiger partial charge in [-0.25, -0.2) is 8.42 Å². The zero-order valence-electron chi connectivity index (χ0n) is 18.8. The molecule has 1 atom stereocenters. The lowest BCUT2D eigenvalue weighted by Crippen LogP contribution is -2.48. The third-order valence-electron chi connectivity index (χ3n) is 5.54. The molecular weight excluding hydrogens is 460 g/mol. The Morgan fingerprint density at radius 1 is 1.15 bits per heavy atom. The van der Waals surface area contributed by atoms with Gasteiger partial charge in [0.25, 0.3) is 0 Å². The summed E-state index contributed by atoms with van der Waals surface area (Å²) in [5.74, 6) is 0.0598. The highest BCUT2D eigenvalue weighted by Crippen LogP contribution is 2.27. The van der Waals surface area contributed by atoms with Gasteiger partial charge in [0.2, 0.25) is 15.9 Å². The molecule has 6 nitrogen and oxygen atoms in total. The number of ether oxygens (including phenoxy) is 1. The standard InChI is InChI=1S/C25H31ClN2O4S/c1-2-32-24-14-13-21(18-22(24)26)33(30,31)28-23(17-20-11-7-4-8-12-20)25(29)27-16-15-19-9-5-3-6-10-19/h4,7-9,11-14,18,23,28H,2-3,5-6,10,15-17H2,1H3,(H,27,29)/t23-/m1/s1. The van der Waals surface area contributed by atoms with Crippen LogP contribution in [0.2, 0.25) is 5.02 Å². The molecular formula is C25H31ClN2O4S. The molecule has 2 aromatic rings. The fourth-order valence-corrected chi connectivity index (χ4v) is 5.34. The average Bonchev–Trinajstić information content (AvgIpc) is 2.81. The van der Waals surface area contributed by atoms with E-state index in [1.807, 2.05) is 37.3 Å². The summed E-state index contributed by atoms with van der Waals surface area (Å²) in [7, 11) is -3.99. The molecule has 1 aliphatic carbocycles. The van der Waals surface area contributed by atoms with E-state index >= 15 is 0 Å². The van der Waals surface area contributed by atoms with Crippen molar-refractivity contribution in [2.24, 2.45) is 0 Å². The molecule has 0 saturated carbocycles. The molecule has 0 unspecified atom stereocenters. The van der Waals surface area contributed by atoms with Gasteiger partial charge < -0.3 is 10.1 Å². The molecule has 1 amide bonds. The van der Waals surface area contributed by atoms with Crippen LogP contribution in [0.25, 0.3) is 0 Å². The lowest BCUT2D eigenvalue weighted by Gasteiger charge is -2.20. The Morgan fingerprint density at radius 2 is 1.94 bits per heavy atom. The van der Waals surface area contributed by atoms with Crippen molar-refractivity contribution in [1.29, 1.82) is 0 Å². The molecule has 0 radical (unpaired) electrons. The Kier molecular flexibility index (Phi) is 9.35. The lowest BCUT2D eigenvalue weighted by atomic mass is 9.97. The van der Waals surface area contributed by atoms with E-state index in [0.717, 1.165) is 24.8 Å². The normalized spacial score (nSPS) is 14.9. The number of hydrogen-bond acceptors (Lipinski definition) is 4. The highest BCUT2D eigenvalue weighted by Gasteiger charge is 2.26. The molecule has 0 fully saturated rings. The van der Waals surface area contributed by atoms with Crippen molar-refractivity contribution in [3.8, 4) is 5.75 Å². The Balaban J connectivity index is 1.73. The topological polar surface area (TPSA) is 84.5 Å². The van der Waals surface area contributed by atoms with Crippen molar-refractivity contribution in [1.82, 2.24) is 10.0 Å². The highest BCUT2D eigenvalue weighted by molar-refractivity contribution is 7.89. The lowest BCUT2D eigenvalue weighted by molar-refractivity contribution is -0.122. The Bertz CT molecular complexity index is 1070. The van der Waals surface area contributed by atoms with Gasteiger partial charge in [-0.05, 0) is 69.2 Å². The van der Waals surface area contributed by atoms with Crippen LogP contribution in [0, 0.1) is 0 Å². The fourth-order valence-electron chi connectivity index (χ4n) is 3.82. The summed E-state index contributed by atoms with van der Waals surface area (Å²) in [6.07, 6.45) is 7.81. The number of allylic oxidation sites excluding steroid dienone is 1. The summed E-state index contributed by atoms with van der Waals surface area (Å²) >= 11 is 6.18. The first-order valence-corrected chi connectivity index (χ1v) is 13.2. The van der Waals surface area contributed by atoms with Gasteiger partial charge in [-0.3, -0.25) is 4.79 Å². The molecule has 0 heterocycles. The number of hydrogen-bond donors (Lipinski definition) is 2. The zero-order valence-corrected chi connectivity index (χ0v) is 20.4. The largest absolute Gasteiger partial charge is 0.492 e. The van der Waals surface area contributed by atoms with Gasteiger partial charge >= 0.3 is 0 Å². The predicted molar refractivity (Wildman–Crippen MR) is 131 cm³/mol. The van der Waals surface area contributed by atoms with Crippen molar-refractivity contribution in [3.05, 3.63) is 70.8 Å². The number of benzene rings is 2. The Morgan fingerprint density at radius 3 is 2.61 bits per heavy atom. The van der Waals surface area contributed by atoms with Crippen LogP contribution in [0.4, 0.5) is 0 Å². The van der Waals surface area contributed by atoms with Crippen LogP contribution in [0.3, 0.4) is 0 Å². The number of amides is 1. The maximum Gasteiger partial charge on any atom is 0.241 e. The first-order valence-electron chi connectivity index (χ1n) is 11.3. The number of rotatable bonds is 11. The molecule has 0 saturated heterocycles. The van der Waals surface area contributed by atoms with Crippen molar-refractivity contribution in [2.45, 2.75) is 56.4 Å². The summed E-state index contributed by atoms with van der Waals surface area (Å²) in [5, 5.41) is 3.11. The van der Waals surface area contributed by atoms with Gasteiger partial charge in [-0.2, -0.15) is 4.72 Å². The van der Waals surface area contributed by atoms with E-state index in [4.69, 9.17) is 16.3 Å². The van der Waals surface area contributed by atoms with Crippen LogP contribution in [0.15, 0.2) is 65.1 Å². The van der Waals surface area contributed by atoms with Crippen LogP contribution in [-0.4, -0.2) is 33.5 Å². The van der Waals surface area contributed by atoms with Crippen molar-refractivity contribution in [3.63, 3.8) is 0 Å². The monoisotopic (exact) mass is 490 g/mol. The van der Waals surface area contributed by atoms with Crippen LogP contribution in [-0.2, 0) is 21.2 Å². The van der Waals surface area contributed by atoms with E-state index in [9.17, 15) is 13.2 Å². The van der Waals surface area contributed by atoms with E-state index < -0.39 is 16.1 Å². The fraction of sp³-hybridized carbons (Fsp3) is 0.400. The highest BCUT2D eigenvalue weighted by atomic mass is 35.5. The van der Waals surface area contributed by atoms with Crippen LogP contribution >= 0.6 is 11.6 Å². The summed E-state index contributed by atoms with van der Waals surface area (Å²) < 4.78 is 34.1. The summed E-state index contributed by atoms with van der Waals surface area (Å²) in [5.41, 5.74) is 2.21. The maximum absolute atomic E-state index is 13.1. The van der Waals surface area contributed by atoms with Crippen LogP contribution < -0.4 is 14.8 Å². The zero-order chi connectivity index (χ0) is 23.7. The third-order valence-corrected chi connectivity index (χ3v) is 7.31. The van der Waals surface area contributed by atoms with Gasteiger partial charge in [0.1, 0.15) is 11.8 Å². The van der Waals surface area contributed by atoms with Crippen LogP contribution in [0.5, 0.6) is 5.75 Å². The quantitative estimate of drug-likeness (QED) is 0.449. The van der Waals surface area contributed by atoms with Crippen molar-refractivity contribution in [2.75, 3.05) is 13.2 Å². The molecule has 0 aromatic heterocycles. The number of nitrogens with one attached hydrogen (secondary N) is 2. The second kappa shape index (κ2) is 12.2. The minimum Gasteiger partial charge on any atom is -0.492 e. The molecule has 8 heteroatoms. The number of carbonyl (C=O) groups excluding carboxylic acids is 1. The molecule has 0 aliphatic heterocycles. The first kappa shape index (κ1) is 25.3. The molecule has 178 valence electrons.